The van der Waals surface area contributed by atoms with Gasteiger partial charge in [0.05, 0.1) is 22.3 Å². The van der Waals surface area contributed by atoms with E-state index in [1.165, 1.54) is 24.3 Å². The molecule has 2 heterocycles. The summed E-state index contributed by atoms with van der Waals surface area (Å²) in [6, 6.07) is 22.3. The summed E-state index contributed by atoms with van der Waals surface area (Å²) in [5.74, 6) is -1.64. The number of imide groups is 1. The Balaban J connectivity index is 1.54. The lowest BCUT2D eigenvalue weighted by Crippen LogP contribution is -2.37. The summed E-state index contributed by atoms with van der Waals surface area (Å²) in [7, 11) is 0. The normalized spacial score (nSPS) is 22.0. The average Bonchev–Trinajstić information content (AvgIpc) is 3.35. The van der Waals surface area contributed by atoms with Crippen molar-refractivity contribution in [2.45, 2.75) is 38.3 Å². The molecule has 8 nitrogen and oxygen atoms in total. The second kappa shape index (κ2) is 8.32. The van der Waals surface area contributed by atoms with E-state index in [2.05, 4.69) is 20.8 Å². The van der Waals surface area contributed by atoms with Crippen molar-refractivity contribution >= 4 is 28.9 Å². The first-order valence-electron chi connectivity index (χ1n) is 11.4. The molecule has 2 saturated heterocycles. The lowest BCUT2D eigenvalue weighted by atomic mass is 9.84. The second-order valence-corrected chi connectivity index (χ2v) is 9.82. The molecule has 3 aromatic carbocycles. The summed E-state index contributed by atoms with van der Waals surface area (Å²) < 4.78 is 0. The van der Waals surface area contributed by atoms with Gasteiger partial charge in [-0.1, -0.05) is 63.2 Å². The molecule has 178 valence electrons. The number of nitrogens with zero attached hydrogens (tertiary/aromatic N) is 3. The Morgan fingerprint density at radius 1 is 0.829 bits per heavy atom. The lowest BCUT2D eigenvalue weighted by Gasteiger charge is -2.29. The van der Waals surface area contributed by atoms with Crippen LogP contribution in [0.15, 0.2) is 78.9 Å². The van der Waals surface area contributed by atoms with Crippen molar-refractivity contribution in [3.05, 3.63) is 100 Å². The molecule has 35 heavy (non-hydrogen) atoms. The molecule has 3 atom stereocenters. The van der Waals surface area contributed by atoms with E-state index in [1.807, 2.05) is 54.6 Å². The first kappa shape index (κ1) is 22.7. The number of carbonyl (C=O) groups is 2. The second-order valence-electron chi connectivity index (χ2n) is 9.82. The van der Waals surface area contributed by atoms with Crippen molar-refractivity contribution in [1.29, 1.82) is 0 Å². The first-order valence-corrected chi connectivity index (χ1v) is 11.4. The Kier molecular flexibility index (Phi) is 5.40. The van der Waals surface area contributed by atoms with Gasteiger partial charge in [-0.25, -0.2) is 9.96 Å². The van der Waals surface area contributed by atoms with Crippen molar-refractivity contribution in [2.24, 2.45) is 5.92 Å². The molecule has 2 aliphatic heterocycles. The number of nitro groups is 1. The van der Waals surface area contributed by atoms with E-state index in [0.29, 0.717) is 0 Å². The number of amides is 2. The molecule has 3 aromatic rings. The number of anilines is 2. The van der Waals surface area contributed by atoms with Crippen LogP contribution in [0.5, 0.6) is 0 Å². The van der Waals surface area contributed by atoms with Gasteiger partial charge in [-0.2, -0.15) is 0 Å². The van der Waals surface area contributed by atoms with Gasteiger partial charge < -0.3 is 0 Å². The van der Waals surface area contributed by atoms with Crippen molar-refractivity contribution in [2.75, 3.05) is 9.96 Å². The van der Waals surface area contributed by atoms with Crippen molar-refractivity contribution in [3.8, 4) is 0 Å². The van der Waals surface area contributed by atoms with Crippen molar-refractivity contribution in [1.82, 2.24) is 0 Å². The number of hydrogen-bond donors (Lipinski definition) is 0. The quantitative estimate of drug-likeness (QED) is 0.304. The maximum absolute atomic E-state index is 13.7. The van der Waals surface area contributed by atoms with E-state index in [1.54, 1.807) is 5.06 Å². The van der Waals surface area contributed by atoms with Crippen LogP contribution < -0.4 is 9.96 Å². The van der Waals surface area contributed by atoms with Gasteiger partial charge in [-0.3, -0.25) is 24.5 Å². The Bertz CT molecular complexity index is 1280. The minimum Gasteiger partial charge on any atom is -0.273 e. The number of rotatable bonds is 4. The van der Waals surface area contributed by atoms with Crippen LogP contribution >= 0.6 is 0 Å². The highest BCUT2D eigenvalue weighted by Crippen LogP contribution is 2.47. The molecule has 0 aliphatic carbocycles. The number of non-ortho nitro benzene ring substituents is 1. The maximum atomic E-state index is 13.7. The summed E-state index contributed by atoms with van der Waals surface area (Å²) in [5, 5.41) is 12.7. The SMILES string of the molecule is CC(C)(C)c1ccc([C@@H]2[C@@H]3C(=O)N(c4ccc([N+](=O)[O-])cc4)C(=O)[C@H]3ON2c2ccccc2)cc1. The molecular weight excluding hydrogens is 446 g/mol. The zero-order chi connectivity index (χ0) is 24.9. The minimum absolute atomic E-state index is 0.0295. The maximum Gasteiger partial charge on any atom is 0.269 e. The third-order valence-corrected chi connectivity index (χ3v) is 6.56. The molecule has 0 N–H and O–H groups in total. The Labute approximate surface area is 202 Å². The largest absolute Gasteiger partial charge is 0.273 e. The fourth-order valence-electron chi connectivity index (χ4n) is 4.71. The monoisotopic (exact) mass is 471 g/mol. The zero-order valence-corrected chi connectivity index (χ0v) is 19.6. The van der Waals surface area contributed by atoms with E-state index in [9.17, 15) is 19.7 Å². The summed E-state index contributed by atoms with van der Waals surface area (Å²) in [4.78, 5) is 44.8. The van der Waals surface area contributed by atoms with Crippen LogP contribution in [-0.4, -0.2) is 22.8 Å². The van der Waals surface area contributed by atoms with Gasteiger partial charge in [-0.15, -0.1) is 0 Å². The van der Waals surface area contributed by atoms with Gasteiger partial charge in [0.25, 0.3) is 11.6 Å². The number of para-hydroxylation sites is 1. The van der Waals surface area contributed by atoms with Crippen LogP contribution in [0, 0.1) is 16.0 Å². The van der Waals surface area contributed by atoms with Gasteiger partial charge in [0.15, 0.2) is 6.10 Å². The van der Waals surface area contributed by atoms with Crippen LogP contribution in [0.2, 0.25) is 0 Å². The van der Waals surface area contributed by atoms with Crippen LogP contribution in [0.1, 0.15) is 37.9 Å². The van der Waals surface area contributed by atoms with E-state index in [4.69, 9.17) is 4.84 Å². The molecule has 2 fully saturated rings. The molecule has 0 saturated carbocycles. The standard InChI is InChI=1S/C27H25N3O5/c1-27(2,3)18-11-9-17(10-12-18)23-22-24(35-29(23)20-7-5-4-6-8-20)26(32)28(25(22)31)19-13-15-21(16-14-19)30(33)34/h4-16,22-24H,1-3H3/t22-,23+,24-/m0/s1. The van der Waals surface area contributed by atoms with Gasteiger partial charge in [-0.05, 0) is 40.8 Å². The number of fused-ring (bicyclic) bond motifs is 1. The molecule has 8 heteroatoms. The summed E-state index contributed by atoms with van der Waals surface area (Å²) in [6.07, 6.45) is -0.995. The van der Waals surface area contributed by atoms with Crippen molar-refractivity contribution < 1.29 is 19.3 Å². The number of nitro benzene ring substituents is 1. The highest BCUT2D eigenvalue weighted by Gasteiger charge is 2.60. The van der Waals surface area contributed by atoms with Crippen LogP contribution in [0.25, 0.3) is 0 Å². The van der Waals surface area contributed by atoms with E-state index in [0.717, 1.165) is 21.7 Å². The van der Waals surface area contributed by atoms with Crippen LogP contribution in [0.4, 0.5) is 17.1 Å². The van der Waals surface area contributed by atoms with Crippen LogP contribution in [0.3, 0.4) is 0 Å². The molecular formula is C27H25N3O5. The molecule has 0 unspecified atom stereocenters. The number of hydroxylamine groups is 1. The highest BCUT2D eigenvalue weighted by molar-refractivity contribution is 6.23. The topological polar surface area (TPSA) is 93.0 Å². The smallest absolute Gasteiger partial charge is 0.269 e. The molecule has 2 amide bonds. The minimum atomic E-state index is -0.995. The molecule has 0 radical (unpaired) electrons. The van der Waals surface area contributed by atoms with Gasteiger partial charge in [0.2, 0.25) is 5.91 Å². The fraction of sp³-hybridized carbons (Fsp3) is 0.259. The van der Waals surface area contributed by atoms with Gasteiger partial charge in [0, 0.05) is 12.1 Å². The lowest BCUT2D eigenvalue weighted by molar-refractivity contribution is -0.384. The molecule has 2 aliphatic rings. The Morgan fingerprint density at radius 2 is 1.46 bits per heavy atom. The zero-order valence-electron chi connectivity index (χ0n) is 19.6. The molecule has 0 bridgehead atoms. The summed E-state index contributed by atoms with van der Waals surface area (Å²) >= 11 is 0. The van der Waals surface area contributed by atoms with Crippen LogP contribution in [-0.2, 0) is 19.8 Å². The Morgan fingerprint density at radius 3 is 2.03 bits per heavy atom. The third kappa shape index (κ3) is 3.85. The summed E-state index contributed by atoms with van der Waals surface area (Å²) in [5.41, 5.74) is 2.91. The predicted octanol–water partition coefficient (Wildman–Crippen LogP) is 4.94. The third-order valence-electron chi connectivity index (χ3n) is 6.56. The number of carbonyl (C=O) groups excluding carboxylic acids is 2. The van der Waals surface area contributed by atoms with Crippen molar-refractivity contribution in [3.63, 3.8) is 0 Å². The van der Waals surface area contributed by atoms with Gasteiger partial charge >= 0.3 is 0 Å². The predicted molar refractivity (Wildman–Crippen MR) is 131 cm³/mol. The van der Waals surface area contributed by atoms with E-state index < -0.39 is 34.8 Å². The molecule has 0 aromatic heterocycles. The van der Waals surface area contributed by atoms with Gasteiger partial charge in [0.1, 0.15) is 5.92 Å². The molecule has 5 rings (SSSR count). The van der Waals surface area contributed by atoms with E-state index >= 15 is 0 Å². The van der Waals surface area contributed by atoms with E-state index in [-0.39, 0.29) is 16.8 Å². The average molecular weight is 472 g/mol. The number of benzene rings is 3. The first-order chi connectivity index (χ1) is 16.7. The number of hydrogen-bond acceptors (Lipinski definition) is 6. The Hall–Kier alpha value is -4.04. The molecule has 0 spiro atoms. The fourth-order valence-corrected chi connectivity index (χ4v) is 4.71. The summed E-state index contributed by atoms with van der Waals surface area (Å²) in [6.45, 7) is 6.40. The highest BCUT2D eigenvalue weighted by atomic mass is 16.7.